The van der Waals surface area contributed by atoms with Crippen molar-refractivity contribution in [2.24, 2.45) is 0 Å². The van der Waals surface area contributed by atoms with Crippen molar-refractivity contribution in [3.63, 3.8) is 0 Å². The maximum Gasteiger partial charge on any atom is 0.325 e. The molecule has 1 N–H and O–H groups in total. The fourth-order valence-corrected chi connectivity index (χ4v) is 2.45. The summed E-state index contributed by atoms with van der Waals surface area (Å²) in [6.45, 7) is 1.59. The van der Waals surface area contributed by atoms with Crippen LogP contribution in [0.15, 0.2) is 30.3 Å². The third kappa shape index (κ3) is 4.45. The van der Waals surface area contributed by atoms with Gasteiger partial charge in [-0.05, 0) is 25.3 Å². The van der Waals surface area contributed by atoms with Gasteiger partial charge in [0.25, 0.3) is 0 Å². The molecule has 0 saturated heterocycles. The average Bonchev–Trinajstić information content (AvgIpc) is 2.44. The van der Waals surface area contributed by atoms with Gasteiger partial charge in [0.05, 0.1) is 0 Å². The summed E-state index contributed by atoms with van der Waals surface area (Å²) in [5.41, 5.74) is 0.586. The highest BCUT2D eigenvalue weighted by Gasteiger charge is 2.24. The minimum absolute atomic E-state index is 0.0394. The molecule has 20 heavy (non-hydrogen) atoms. The standard InChI is InChI=1S/C14H20N2O3S/c1-11(10-20-3)15(2)14(19)16(9-13(17)18)12-7-5-4-6-8-12/h4-8,11H,9-10H2,1-3H3,(H,17,18). The summed E-state index contributed by atoms with van der Waals surface area (Å²) in [6.07, 6.45) is 1.97. The van der Waals surface area contributed by atoms with E-state index < -0.39 is 5.97 Å². The number of carbonyl (C=O) groups excluding carboxylic acids is 1. The van der Waals surface area contributed by atoms with E-state index >= 15 is 0 Å². The van der Waals surface area contributed by atoms with Crippen LogP contribution in [-0.4, -0.2) is 53.6 Å². The number of anilines is 1. The summed E-state index contributed by atoms with van der Waals surface area (Å²) in [6, 6.07) is 8.58. The zero-order valence-corrected chi connectivity index (χ0v) is 12.8. The number of hydrogen-bond donors (Lipinski definition) is 1. The highest BCUT2D eigenvalue weighted by molar-refractivity contribution is 7.98. The first-order valence-corrected chi connectivity index (χ1v) is 7.66. The number of hydrogen-bond acceptors (Lipinski definition) is 3. The van der Waals surface area contributed by atoms with Gasteiger partial charge >= 0.3 is 12.0 Å². The van der Waals surface area contributed by atoms with Gasteiger partial charge < -0.3 is 10.0 Å². The molecule has 6 heteroatoms. The van der Waals surface area contributed by atoms with E-state index in [1.807, 2.05) is 19.2 Å². The number of para-hydroxylation sites is 1. The fourth-order valence-electron chi connectivity index (χ4n) is 1.74. The van der Waals surface area contributed by atoms with Crippen LogP contribution in [0.1, 0.15) is 6.92 Å². The zero-order valence-electron chi connectivity index (χ0n) is 11.9. The van der Waals surface area contributed by atoms with Gasteiger partial charge in [-0.25, -0.2) is 4.79 Å². The summed E-state index contributed by atoms with van der Waals surface area (Å²) in [5.74, 6) is -0.231. The quantitative estimate of drug-likeness (QED) is 0.875. The molecule has 0 saturated carbocycles. The number of rotatable bonds is 6. The van der Waals surface area contributed by atoms with Gasteiger partial charge in [0, 0.05) is 24.5 Å². The van der Waals surface area contributed by atoms with Crippen LogP contribution in [0.2, 0.25) is 0 Å². The SMILES string of the molecule is CSCC(C)N(C)C(=O)N(CC(=O)O)c1ccccc1. The number of benzene rings is 1. The molecule has 0 fully saturated rings. The number of carbonyl (C=O) groups is 2. The normalized spacial score (nSPS) is 11.8. The number of carboxylic acid groups (broad SMARTS) is 1. The van der Waals surface area contributed by atoms with E-state index in [0.29, 0.717) is 5.69 Å². The van der Waals surface area contributed by atoms with Crippen molar-refractivity contribution in [2.45, 2.75) is 13.0 Å². The molecule has 0 heterocycles. The van der Waals surface area contributed by atoms with E-state index in [1.54, 1.807) is 48.0 Å². The van der Waals surface area contributed by atoms with Crippen LogP contribution in [0.3, 0.4) is 0 Å². The molecule has 110 valence electrons. The molecular formula is C14H20N2O3S. The lowest BCUT2D eigenvalue weighted by Crippen LogP contribution is -2.47. The third-order valence-electron chi connectivity index (χ3n) is 2.96. The molecule has 5 nitrogen and oxygen atoms in total. The first-order chi connectivity index (χ1) is 9.47. The van der Waals surface area contributed by atoms with Crippen molar-refractivity contribution < 1.29 is 14.7 Å². The summed E-state index contributed by atoms with van der Waals surface area (Å²) < 4.78 is 0. The van der Waals surface area contributed by atoms with Crippen LogP contribution >= 0.6 is 11.8 Å². The van der Waals surface area contributed by atoms with Gasteiger partial charge in [-0.1, -0.05) is 18.2 Å². The minimum atomic E-state index is -1.03. The molecule has 0 aliphatic heterocycles. The lowest BCUT2D eigenvalue weighted by atomic mass is 10.3. The Labute approximate surface area is 123 Å². The molecule has 1 rings (SSSR count). The van der Waals surface area contributed by atoms with Gasteiger partial charge in [-0.3, -0.25) is 9.69 Å². The van der Waals surface area contributed by atoms with Crippen molar-refractivity contribution in [1.82, 2.24) is 4.90 Å². The fraction of sp³-hybridized carbons (Fsp3) is 0.429. The average molecular weight is 296 g/mol. The molecule has 2 amide bonds. The molecule has 0 aromatic heterocycles. The predicted octanol–water partition coefficient (Wildman–Crippen LogP) is 2.38. The lowest BCUT2D eigenvalue weighted by molar-refractivity contribution is -0.135. The molecule has 1 unspecified atom stereocenters. The maximum atomic E-state index is 12.5. The Morgan fingerprint density at radius 3 is 2.40 bits per heavy atom. The number of nitrogens with zero attached hydrogens (tertiary/aromatic N) is 2. The first-order valence-electron chi connectivity index (χ1n) is 6.27. The van der Waals surface area contributed by atoms with Crippen LogP contribution in [0.4, 0.5) is 10.5 Å². The van der Waals surface area contributed by atoms with Crippen molar-refractivity contribution in [1.29, 1.82) is 0 Å². The van der Waals surface area contributed by atoms with Crippen LogP contribution in [-0.2, 0) is 4.79 Å². The highest BCUT2D eigenvalue weighted by atomic mass is 32.2. The van der Waals surface area contributed by atoms with E-state index in [0.717, 1.165) is 5.75 Å². The molecule has 1 atom stereocenters. The first kappa shape index (κ1) is 16.4. The van der Waals surface area contributed by atoms with Crippen molar-refractivity contribution in [3.8, 4) is 0 Å². The second-order valence-corrected chi connectivity index (χ2v) is 5.42. The van der Waals surface area contributed by atoms with E-state index in [9.17, 15) is 9.59 Å². The Balaban J connectivity index is 2.93. The van der Waals surface area contributed by atoms with Crippen LogP contribution in [0.5, 0.6) is 0 Å². The zero-order chi connectivity index (χ0) is 15.1. The largest absolute Gasteiger partial charge is 0.480 e. The van der Waals surface area contributed by atoms with Crippen LogP contribution in [0, 0.1) is 0 Å². The Morgan fingerprint density at radius 1 is 1.30 bits per heavy atom. The van der Waals surface area contributed by atoms with Gasteiger partial charge in [0.2, 0.25) is 0 Å². The molecule has 0 aliphatic carbocycles. The molecule has 0 spiro atoms. The van der Waals surface area contributed by atoms with Crippen molar-refractivity contribution >= 4 is 29.4 Å². The highest BCUT2D eigenvalue weighted by Crippen LogP contribution is 2.16. The molecule has 0 aliphatic rings. The summed E-state index contributed by atoms with van der Waals surface area (Å²) in [5, 5.41) is 9.00. The second kappa shape index (κ2) is 7.79. The van der Waals surface area contributed by atoms with Gasteiger partial charge in [-0.2, -0.15) is 11.8 Å². The Bertz CT molecular complexity index is 453. The van der Waals surface area contributed by atoms with Crippen LogP contribution < -0.4 is 4.90 Å². The van der Waals surface area contributed by atoms with E-state index in [1.165, 1.54) is 4.90 Å². The monoisotopic (exact) mass is 296 g/mol. The van der Waals surface area contributed by atoms with E-state index in [2.05, 4.69) is 0 Å². The molecule has 0 radical (unpaired) electrons. The Kier molecular flexibility index (Phi) is 6.38. The number of urea groups is 1. The smallest absolute Gasteiger partial charge is 0.325 e. The Hall–Kier alpha value is -1.69. The topological polar surface area (TPSA) is 60.9 Å². The number of aliphatic carboxylic acids is 1. The second-order valence-electron chi connectivity index (χ2n) is 4.51. The van der Waals surface area contributed by atoms with E-state index in [4.69, 9.17) is 5.11 Å². The maximum absolute atomic E-state index is 12.5. The van der Waals surface area contributed by atoms with Crippen molar-refractivity contribution in [3.05, 3.63) is 30.3 Å². The molecular weight excluding hydrogens is 276 g/mol. The van der Waals surface area contributed by atoms with Crippen molar-refractivity contribution in [2.75, 3.05) is 30.5 Å². The van der Waals surface area contributed by atoms with E-state index in [-0.39, 0.29) is 18.6 Å². The van der Waals surface area contributed by atoms with Gasteiger partial charge in [-0.15, -0.1) is 0 Å². The molecule has 1 aromatic rings. The summed E-state index contributed by atoms with van der Waals surface area (Å²) in [4.78, 5) is 26.3. The van der Waals surface area contributed by atoms with Gasteiger partial charge in [0.15, 0.2) is 0 Å². The Morgan fingerprint density at radius 2 is 1.90 bits per heavy atom. The number of thioether (sulfide) groups is 1. The summed E-state index contributed by atoms with van der Waals surface area (Å²) >= 11 is 1.65. The minimum Gasteiger partial charge on any atom is -0.480 e. The summed E-state index contributed by atoms with van der Waals surface area (Å²) in [7, 11) is 1.70. The predicted molar refractivity (Wildman–Crippen MR) is 82.4 cm³/mol. The number of amides is 2. The molecule has 1 aromatic carbocycles. The molecule has 0 bridgehead atoms. The lowest BCUT2D eigenvalue weighted by Gasteiger charge is -2.30. The number of carboxylic acids is 1. The van der Waals surface area contributed by atoms with Gasteiger partial charge in [0.1, 0.15) is 6.54 Å². The third-order valence-corrected chi connectivity index (χ3v) is 3.78. The van der Waals surface area contributed by atoms with Crippen LogP contribution in [0.25, 0.3) is 0 Å².